The summed E-state index contributed by atoms with van der Waals surface area (Å²) in [5, 5.41) is 15.2. The van der Waals surface area contributed by atoms with E-state index in [4.69, 9.17) is 4.74 Å². The molecule has 1 fully saturated rings. The van der Waals surface area contributed by atoms with Gasteiger partial charge in [0.15, 0.2) is 0 Å². The topological polar surface area (TPSA) is 69.7 Å². The predicted octanol–water partition coefficient (Wildman–Crippen LogP) is 1.01. The van der Waals surface area contributed by atoms with Gasteiger partial charge in [-0.15, -0.1) is 0 Å². The van der Waals surface area contributed by atoms with E-state index in [0.717, 1.165) is 61.8 Å². The van der Waals surface area contributed by atoms with Gasteiger partial charge in [-0.05, 0) is 19.8 Å². The lowest BCUT2D eigenvalue weighted by Crippen LogP contribution is -2.31. The van der Waals surface area contributed by atoms with Crippen LogP contribution in [0.5, 0.6) is 0 Å². The molecule has 110 valence electrons. The fourth-order valence-electron chi connectivity index (χ4n) is 2.84. The van der Waals surface area contributed by atoms with Gasteiger partial charge >= 0.3 is 0 Å². The molecule has 0 aromatic carbocycles. The molecule has 0 saturated carbocycles. The smallest absolute Gasteiger partial charge is 0.149 e. The third kappa shape index (κ3) is 2.46. The van der Waals surface area contributed by atoms with E-state index >= 15 is 0 Å². The number of aliphatic hydroxyl groups is 1. The zero-order valence-electron chi connectivity index (χ0n) is 11.9. The van der Waals surface area contributed by atoms with Gasteiger partial charge in [0.05, 0.1) is 6.61 Å². The lowest BCUT2D eigenvalue weighted by atomic mass is 10.1. The van der Waals surface area contributed by atoms with E-state index in [1.807, 2.05) is 5.01 Å². The van der Waals surface area contributed by atoms with E-state index in [1.54, 1.807) is 6.20 Å². The molecule has 0 bridgehead atoms. The van der Waals surface area contributed by atoms with Gasteiger partial charge in [-0.1, -0.05) is 0 Å². The van der Waals surface area contributed by atoms with Crippen molar-refractivity contribution >= 4 is 11.5 Å². The molecule has 0 aliphatic carbocycles. The lowest BCUT2D eigenvalue weighted by Gasteiger charge is -2.26. The standard InChI is InChI=1S/C14H22N4O2/c1-2-18-14-12(8-16-18)13(10(9-19)7-15-14)17-11-3-5-20-6-4-11/h7,11,16,19H,2-6,8-9H2,1H3,(H,15,17). The van der Waals surface area contributed by atoms with Gasteiger partial charge in [0.25, 0.3) is 0 Å². The number of nitrogens with one attached hydrogen (secondary N) is 2. The number of anilines is 2. The molecule has 20 heavy (non-hydrogen) atoms. The van der Waals surface area contributed by atoms with Crippen molar-refractivity contribution in [3.05, 3.63) is 17.3 Å². The maximum Gasteiger partial charge on any atom is 0.149 e. The van der Waals surface area contributed by atoms with Gasteiger partial charge in [-0.3, -0.25) is 5.01 Å². The highest BCUT2D eigenvalue weighted by atomic mass is 16.5. The summed E-state index contributed by atoms with van der Waals surface area (Å²) in [4.78, 5) is 4.47. The fraction of sp³-hybridized carbons (Fsp3) is 0.643. The second-order valence-corrected chi connectivity index (χ2v) is 5.23. The molecular weight excluding hydrogens is 256 g/mol. The summed E-state index contributed by atoms with van der Waals surface area (Å²) in [6, 6.07) is 0.413. The molecule has 0 amide bonds. The van der Waals surface area contributed by atoms with E-state index in [0.29, 0.717) is 6.04 Å². The summed E-state index contributed by atoms with van der Waals surface area (Å²) in [6.45, 7) is 5.34. The normalized spacial score (nSPS) is 19.2. The van der Waals surface area contributed by atoms with Crippen LogP contribution in [0.2, 0.25) is 0 Å². The number of ether oxygens (including phenoxy) is 1. The highest BCUT2D eigenvalue weighted by Gasteiger charge is 2.25. The number of hydrazine groups is 1. The van der Waals surface area contributed by atoms with Crippen LogP contribution in [-0.4, -0.2) is 35.9 Å². The zero-order chi connectivity index (χ0) is 13.9. The van der Waals surface area contributed by atoms with Crippen LogP contribution in [0.25, 0.3) is 0 Å². The third-order valence-electron chi connectivity index (χ3n) is 3.99. The Balaban J connectivity index is 1.89. The number of pyridine rings is 1. The van der Waals surface area contributed by atoms with Crippen LogP contribution in [0, 0.1) is 0 Å². The predicted molar refractivity (Wildman–Crippen MR) is 77.5 cm³/mol. The van der Waals surface area contributed by atoms with Gasteiger partial charge < -0.3 is 15.2 Å². The van der Waals surface area contributed by atoms with Crippen LogP contribution in [0.3, 0.4) is 0 Å². The number of hydrogen-bond donors (Lipinski definition) is 3. The van der Waals surface area contributed by atoms with Crippen molar-refractivity contribution in [2.45, 2.75) is 39.0 Å². The van der Waals surface area contributed by atoms with Crippen LogP contribution in [-0.2, 0) is 17.9 Å². The van der Waals surface area contributed by atoms with Crippen LogP contribution < -0.4 is 15.8 Å². The first kappa shape index (κ1) is 13.6. The molecular formula is C14H22N4O2. The molecule has 2 aliphatic rings. The van der Waals surface area contributed by atoms with Crippen molar-refractivity contribution in [1.29, 1.82) is 0 Å². The lowest BCUT2D eigenvalue weighted by molar-refractivity contribution is 0.0904. The van der Waals surface area contributed by atoms with Gasteiger partial charge in [0.1, 0.15) is 5.82 Å². The Kier molecular flexibility index (Phi) is 4.05. The van der Waals surface area contributed by atoms with Crippen molar-refractivity contribution in [3.63, 3.8) is 0 Å². The Morgan fingerprint density at radius 1 is 1.50 bits per heavy atom. The van der Waals surface area contributed by atoms with Crippen molar-refractivity contribution in [3.8, 4) is 0 Å². The molecule has 0 atom stereocenters. The summed E-state index contributed by atoms with van der Waals surface area (Å²) in [6.07, 6.45) is 3.79. The van der Waals surface area contributed by atoms with Crippen LogP contribution in [0.4, 0.5) is 11.5 Å². The van der Waals surface area contributed by atoms with Gasteiger partial charge in [-0.25, -0.2) is 10.4 Å². The van der Waals surface area contributed by atoms with Crippen LogP contribution in [0.15, 0.2) is 6.20 Å². The quantitative estimate of drug-likeness (QED) is 0.763. The first-order valence-corrected chi connectivity index (χ1v) is 7.30. The Morgan fingerprint density at radius 3 is 3.00 bits per heavy atom. The molecule has 3 heterocycles. The molecule has 0 spiro atoms. The fourth-order valence-corrected chi connectivity index (χ4v) is 2.84. The van der Waals surface area contributed by atoms with Crippen molar-refractivity contribution in [2.24, 2.45) is 0 Å². The number of nitrogens with zero attached hydrogens (tertiary/aromatic N) is 2. The Morgan fingerprint density at radius 2 is 2.30 bits per heavy atom. The maximum absolute atomic E-state index is 9.56. The SMILES string of the molecule is CCN1NCc2c1ncc(CO)c2NC1CCOCC1. The monoisotopic (exact) mass is 278 g/mol. The summed E-state index contributed by atoms with van der Waals surface area (Å²) < 4.78 is 5.40. The minimum atomic E-state index is 0.0119. The molecule has 2 aliphatic heterocycles. The minimum absolute atomic E-state index is 0.0119. The van der Waals surface area contributed by atoms with Gasteiger partial charge in [0, 0.05) is 55.4 Å². The second kappa shape index (κ2) is 5.95. The molecule has 0 unspecified atom stereocenters. The Hall–Kier alpha value is -1.37. The van der Waals surface area contributed by atoms with Crippen LogP contribution >= 0.6 is 0 Å². The first-order valence-electron chi connectivity index (χ1n) is 7.30. The average Bonchev–Trinajstić information content (AvgIpc) is 2.92. The molecule has 1 saturated heterocycles. The second-order valence-electron chi connectivity index (χ2n) is 5.23. The maximum atomic E-state index is 9.56. The van der Waals surface area contributed by atoms with E-state index in [2.05, 4.69) is 22.7 Å². The van der Waals surface area contributed by atoms with Gasteiger partial charge in [0.2, 0.25) is 0 Å². The largest absolute Gasteiger partial charge is 0.392 e. The molecule has 0 radical (unpaired) electrons. The van der Waals surface area contributed by atoms with Crippen LogP contribution in [0.1, 0.15) is 30.9 Å². The molecule has 3 rings (SSSR count). The highest BCUT2D eigenvalue weighted by Crippen LogP contribution is 2.33. The van der Waals surface area contributed by atoms with E-state index in [-0.39, 0.29) is 6.61 Å². The molecule has 3 N–H and O–H groups in total. The molecule has 6 heteroatoms. The summed E-state index contributed by atoms with van der Waals surface area (Å²) >= 11 is 0. The minimum Gasteiger partial charge on any atom is -0.392 e. The van der Waals surface area contributed by atoms with E-state index in [1.165, 1.54) is 0 Å². The summed E-state index contributed by atoms with van der Waals surface area (Å²) in [5.74, 6) is 0.972. The number of rotatable bonds is 4. The number of fused-ring (bicyclic) bond motifs is 1. The summed E-state index contributed by atoms with van der Waals surface area (Å²) in [7, 11) is 0. The van der Waals surface area contributed by atoms with E-state index in [9.17, 15) is 5.11 Å². The average molecular weight is 278 g/mol. The highest BCUT2D eigenvalue weighted by molar-refractivity contribution is 5.68. The Labute approximate surface area is 119 Å². The number of aromatic nitrogens is 1. The number of hydrogen-bond acceptors (Lipinski definition) is 6. The Bertz CT molecular complexity index is 474. The van der Waals surface area contributed by atoms with Gasteiger partial charge in [-0.2, -0.15) is 0 Å². The number of aliphatic hydroxyl groups excluding tert-OH is 1. The first-order chi connectivity index (χ1) is 9.83. The van der Waals surface area contributed by atoms with E-state index < -0.39 is 0 Å². The van der Waals surface area contributed by atoms with Crippen molar-refractivity contribution in [2.75, 3.05) is 30.1 Å². The third-order valence-corrected chi connectivity index (χ3v) is 3.99. The summed E-state index contributed by atoms with van der Waals surface area (Å²) in [5.41, 5.74) is 6.40. The molecule has 1 aromatic heterocycles. The zero-order valence-corrected chi connectivity index (χ0v) is 11.9. The van der Waals surface area contributed by atoms with Crippen molar-refractivity contribution < 1.29 is 9.84 Å². The van der Waals surface area contributed by atoms with Crippen molar-refractivity contribution in [1.82, 2.24) is 10.4 Å². The molecule has 1 aromatic rings. The molecule has 6 nitrogen and oxygen atoms in total.